The van der Waals surface area contributed by atoms with Gasteiger partial charge in [0.25, 0.3) is 11.8 Å². The van der Waals surface area contributed by atoms with E-state index < -0.39 is 17.8 Å². The zero-order chi connectivity index (χ0) is 22.3. The normalized spacial score (nSPS) is 15.5. The minimum atomic E-state index is -0.804. The molecule has 1 aliphatic heterocycles. The molecule has 3 aromatic rings. The number of aryl methyl sites for hydroxylation is 2. The average molecular weight is 455 g/mol. The van der Waals surface area contributed by atoms with E-state index in [2.05, 4.69) is 5.32 Å². The average Bonchev–Trinajstić information content (AvgIpc) is 3.18. The quantitative estimate of drug-likeness (QED) is 0.416. The Kier molecular flexibility index (Phi) is 5.43. The molecule has 2 heterocycles. The van der Waals surface area contributed by atoms with E-state index in [-0.39, 0.29) is 11.3 Å². The van der Waals surface area contributed by atoms with Gasteiger partial charge in [0.2, 0.25) is 0 Å². The lowest BCUT2D eigenvalue weighted by Crippen LogP contribution is -2.54. The first-order valence-electron chi connectivity index (χ1n) is 9.29. The fraction of sp³-hybridized carbons (Fsp3) is 0.0870. The highest BCUT2D eigenvalue weighted by Crippen LogP contribution is 2.35. The minimum absolute atomic E-state index is 0.226. The van der Waals surface area contributed by atoms with Crippen LogP contribution in [-0.2, 0) is 9.59 Å². The number of amides is 4. The van der Waals surface area contributed by atoms with Gasteiger partial charge in [-0.1, -0.05) is 35.3 Å². The van der Waals surface area contributed by atoms with Gasteiger partial charge in [-0.3, -0.25) is 14.9 Å². The number of nitrogens with zero attached hydrogens (tertiary/aromatic N) is 1. The van der Waals surface area contributed by atoms with Gasteiger partial charge in [0.1, 0.15) is 17.1 Å². The van der Waals surface area contributed by atoms with E-state index in [1.54, 1.807) is 48.5 Å². The number of rotatable bonds is 3. The van der Waals surface area contributed by atoms with Crippen molar-refractivity contribution < 1.29 is 18.8 Å². The number of barbiturate groups is 1. The van der Waals surface area contributed by atoms with Crippen LogP contribution in [0, 0.1) is 13.8 Å². The molecule has 6 nitrogen and oxygen atoms in total. The second-order valence-electron chi connectivity index (χ2n) is 7.03. The van der Waals surface area contributed by atoms with Crippen LogP contribution in [0.15, 0.2) is 58.5 Å². The van der Waals surface area contributed by atoms with Crippen molar-refractivity contribution >= 4 is 52.8 Å². The van der Waals surface area contributed by atoms with Crippen molar-refractivity contribution in [1.82, 2.24) is 5.32 Å². The van der Waals surface area contributed by atoms with E-state index in [0.717, 1.165) is 16.0 Å². The van der Waals surface area contributed by atoms with Crippen LogP contribution in [-0.4, -0.2) is 17.8 Å². The molecule has 0 atom stereocenters. The second-order valence-corrected chi connectivity index (χ2v) is 7.81. The Morgan fingerprint density at radius 3 is 2.48 bits per heavy atom. The third-order valence-electron chi connectivity index (χ3n) is 4.98. The van der Waals surface area contributed by atoms with Crippen molar-refractivity contribution in [2.45, 2.75) is 13.8 Å². The summed E-state index contributed by atoms with van der Waals surface area (Å²) in [5.74, 6) is -0.867. The molecule has 4 rings (SSSR count). The van der Waals surface area contributed by atoms with Crippen LogP contribution < -0.4 is 10.2 Å². The number of benzene rings is 2. The number of carbonyl (C=O) groups excluding carboxylic acids is 3. The number of nitrogens with one attached hydrogen (secondary N) is 1. The van der Waals surface area contributed by atoms with Crippen LogP contribution >= 0.6 is 23.2 Å². The smallest absolute Gasteiger partial charge is 0.335 e. The maximum Gasteiger partial charge on any atom is 0.335 e. The first-order chi connectivity index (χ1) is 14.8. The van der Waals surface area contributed by atoms with Crippen LogP contribution in [0.25, 0.3) is 17.4 Å². The molecule has 0 aliphatic carbocycles. The van der Waals surface area contributed by atoms with E-state index in [1.807, 2.05) is 13.8 Å². The SMILES string of the molecule is Cc1ccc(N2C(=O)NC(=O)/C(=C/c3ccc(-c4cccc(Cl)c4Cl)o3)C2=O)cc1C. The Morgan fingerprint density at radius 1 is 0.968 bits per heavy atom. The maximum absolute atomic E-state index is 13.0. The van der Waals surface area contributed by atoms with Crippen molar-refractivity contribution in [3.05, 3.63) is 81.0 Å². The van der Waals surface area contributed by atoms with Crippen molar-refractivity contribution in [3.63, 3.8) is 0 Å². The molecule has 0 bridgehead atoms. The van der Waals surface area contributed by atoms with Crippen LogP contribution in [0.5, 0.6) is 0 Å². The first-order valence-corrected chi connectivity index (χ1v) is 10.0. The Morgan fingerprint density at radius 2 is 1.74 bits per heavy atom. The maximum atomic E-state index is 13.0. The lowest BCUT2D eigenvalue weighted by Gasteiger charge is -2.26. The Bertz CT molecular complexity index is 1280. The number of furan rings is 1. The van der Waals surface area contributed by atoms with Crippen molar-refractivity contribution in [2.75, 3.05) is 4.90 Å². The molecule has 0 unspecified atom stereocenters. The van der Waals surface area contributed by atoms with E-state index in [9.17, 15) is 14.4 Å². The summed E-state index contributed by atoms with van der Waals surface area (Å²) in [6, 6.07) is 12.7. The number of hydrogen-bond acceptors (Lipinski definition) is 4. The third kappa shape index (κ3) is 3.87. The summed E-state index contributed by atoms with van der Waals surface area (Å²) in [5.41, 5.74) is 2.65. The Hall–Kier alpha value is -3.35. The summed E-state index contributed by atoms with van der Waals surface area (Å²) >= 11 is 12.3. The molecular weight excluding hydrogens is 439 g/mol. The van der Waals surface area contributed by atoms with E-state index >= 15 is 0 Å². The molecule has 4 amide bonds. The number of urea groups is 1. The molecule has 1 aliphatic rings. The van der Waals surface area contributed by atoms with Gasteiger partial charge in [-0.25, -0.2) is 9.69 Å². The third-order valence-corrected chi connectivity index (χ3v) is 5.80. The number of halogens is 2. The molecule has 0 radical (unpaired) electrons. The van der Waals surface area contributed by atoms with Crippen LogP contribution in [0.2, 0.25) is 10.0 Å². The predicted molar refractivity (Wildman–Crippen MR) is 119 cm³/mol. The summed E-state index contributed by atoms with van der Waals surface area (Å²) < 4.78 is 5.75. The molecule has 1 fully saturated rings. The van der Waals surface area contributed by atoms with E-state index in [1.165, 1.54) is 6.08 Å². The molecule has 1 aromatic heterocycles. The summed E-state index contributed by atoms with van der Waals surface area (Å²) in [7, 11) is 0. The first kappa shape index (κ1) is 20.9. The molecular formula is C23H16Cl2N2O4. The standard InChI is InChI=1S/C23H16Cl2N2O4/c1-12-6-7-14(10-13(12)2)27-22(29)17(21(28)26-23(27)30)11-15-8-9-19(31-15)16-4-3-5-18(24)20(16)25/h3-11H,1-2H3,(H,26,28,30)/b17-11-. The van der Waals surface area contributed by atoms with Crippen molar-refractivity contribution in [2.24, 2.45) is 0 Å². The Labute approximate surface area is 188 Å². The molecule has 2 aromatic carbocycles. The summed E-state index contributed by atoms with van der Waals surface area (Å²) in [6.07, 6.45) is 1.29. The van der Waals surface area contributed by atoms with Gasteiger partial charge in [0.05, 0.1) is 15.7 Å². The molecule has 1 N–H and O–H groups in total. The number of imide groups is 2. The van der Waals surface area contributed by atoms with Gasteiger partial charge in [-0.2, -0.15) is 0 Å². The van der Waals surface area contributed by atoms with Gasteiger partial charge < -0.3 is 4.42 Å². The van der Waals surface area contributed by atoms with Crippen LogP contribution in [0.1, 0.15) is 16.9 Å². The zero-order valence-corrected chi connectivity index (χ0v) is 18.0. The summed E-state index contributed by atoms with van der Waals surface area (Å²) in [6.45, 7) is 3.80. The largest absolute Gasteiger partial charge is 0.457 e. The van der Waals surface area contributed by atoms with E-state index in [4.69, 9.17) is 27.6 Å². The Balaban J connectivity index is 1.70. The van der Waals surface area contributed by atoms with Gasteiger partial charge in [0, 0.05) is 5.56 Å². The number of hydrogen-bond donors (Lipinski definition) is 1. The number of carbonyl (C=O) groups is 3. The molecule has 156 valence electrons. The van der Waals surface area contributed by atoms with Gasteiger partial charge in [0.15, 0.2) is 0 Å². The fourth-order valence-corrected chi connectivity index (χ4v) is 3.56. The highest BCUT2D eigenvalue weighted by atomic mass is 35.5. The molecule has 1 saturated heterocycles. The topological polar surface area (TPSA) is 79.6 Å². The minimum Gasteiger partial charge on any atom is -0.457 e. The summed E-state index contributed by atoms with van der Waals surface area (Å²) in [4.78, 5) is 38.7. The summed E-state index contributed by atoms with van der Waals surface area (Å²) in [5, 5.41) is 2.90. The molecule has 8 heteroatoms. The fourth-order valence-electron chi connectivity index (χ4n) is 3.17. The highest BCUT2D eigenvalue weighted by molar-refractivity contribution is 6.43. The van der Waals surface area contributed by atoms with Gasteiger partial charge in [-0.05, 0) is 67.4 Å². The number of anilines is 1. The molecule has 31 heavy (non-hydrogen) atoms. The van der Waals surface area contributed by atoms with Gasteiger partial charge >= 0.3 is 6.03 Å². The van der Waals surface area contributed by atoms with Crippen molar-refractivity contribution in [3.8, 4) is 11.3 Å². The highest BCUT2D eigenvalue weighted by Gasteiger charge is 2.37. The predicted octanol–water partition coefficient (Wildman–Crippen LogP) is 5.54. The molecule has 0 saturated carbocycles. The monoisotopic (exact) mass is 454 g/mol. The van der Waals surface area contributed by atoms with Crippen LogP contribution in [0.3, 0.4) is 0 Å². The molecule has 0 spiro atoms. The lowest BCUT2D eigenvalue weighted by atomic mass is 10.1. The van der Waals surface area contributed by atoms with Crippen molar-refractivity contribution in [1.29, 1.82) is 0 Å². The zero-order valence-electron chi connectivity index (χ0n) is 16.5. The second kappa shape index (κ2) is 8.06. The van der Waals surface area contributed by atoms with Gasteiger partial charge in [-0.15, -0.1) is 0 Å². The lowest BCUT2D eigenvalue weighted by molar-refractivity contribution is -0.122. The van der Waals surface area contributed by atoms with Crippen LogP contribution in [0.4, 0.5) is 10.5 Å². The van der Waals surface area contributed by atoms with E-state index in [0.29, 0.717) is 27.1 Å².